The molecule has 3 rings (SSSR count). The number of nitrogens with zero attached hydrogens (tertiary/aromatic N) is 2. The highest BCUT2D eigenvalue weighted by atomic mass is 35.5. The van der Waals surface area contributed by atoms with Crippen LogP contribution in [0.1, 0.15) is 11.1 Å². The Morgan fingerprint density at radius 1 is 0.917 bits per heavy atom. The second kappa shape index (κ2) is 7.09. The van der Waals surface area contributed by atoms with Crippen LogP contribution in [0.25, 0.3) is 11.3 Å². The van der Waals surface area contributed by atoms with Crippen LogP contribution >= 0.6 is 46.4 Å². The fraction of sp³-hybridized carbons (Fsp3) is 0.0556. The van der Waals surface area contributed by atoms with Gasteiger partial charge in [-0.1, -0.05) is 82.8 Å². The van der Waals surface area contributed by atoms with Gasteiger partial charge in [0.2, 0.25) is 0 Å². The molecule has 2 aromatic carbocycles. The van der Waals surface area contributed by atoms with Gasteiger partial charge in [-0.3, -0.25) is 0 Å². The summed E-state index contributed by atoms with van der Waals surface area (Å²) in [5.41, 5.74) is 2.70. The summed E-state index contributed by atoms with van der Waals surface area (Å²) in [6.07, 6.45) is 0. The molecule has 0 aliphatic carbocycles. The number of aromatic nitrogens is 1. The van der Waals surface area contributed by atoms with Crippen molar-refractivity contribution in [3.8, 4) is 17.3 Å². The van der Waals surface area contributed by atoms with Gasteiger partial charge >= 0.3 is 0 Å². The molecule has 3 aromatic rings. The van der Waals surface area contributed by atoms with Crippen molar-refractivity contribution in [2.24, 2.45) is 0 Å². The molecule has 2 nitrogen and oxygen atoms in total. The van der Waals surface area contributed by atoms with Gasteiger partial charge in [0.15, 0.2) is 0 Å². The van der Waals surface area contributed by atoms with Crippen molar-refractivity contribution in [1.82, 2.24) is 4.57 Å². The zero-order valence-electron chi connectivity index (χ0n) is 12.2. The molecule has 0 aliphatic heterocycles. The lowest BCUT2D eigenvalue weighted by molar-refractivity contribution is 0.814. The maximum atomic E-state index is 9.52. The predicted molar refractivity (Wildman–Crippen MR) is 100 cm³/mol. The molecule has 0 atom stereocenters. The van der Waals surface area contributed by atoms with Crippen molar-refractivity contribution in [2.45, 2.75) is 6.54 Å². The molecular weight excluding hydrogens is 386 g/mol. The van der Waals surface area contributed by atoms with E-state index in [1.807, 2.05) is 30.3 Å². The number of hydrogen-bond acceptors (Lipinski definition) is 1. The van der Waals surface area contributed by atoms with E-state index in [0.717, 1.165) is 11.1 Å². The normalized spacial score (nSPS) is 10.6. The SMILES string of the molecule is N#Cc1c(Cl)c(Cl)n(Cc2ccccc2)c1-c1ccc(Cl)c(Cl)c1. The molecule has 1 aromatic heterocycles. The minimum absolute atomic E-state index is 0.233. The van der Waals surface area contributed by atoms with Gasteiger partial charge in [-0.05, 0) is 17.7 Å². The van der Waals surface area contributed by atoms with Crippen LogP contribution in [0.15, 0.2) is 48.5 Å². The summed E-state index contributed by atoms with van der Waals surface area (Å²) in [5, 5.41) is 10.9. The van der Waals surface area contributed by atoms with Gasteiger partial charge in [0.05, 0.1) is 26.3 Å². The molecule has 120 valence electrons. The van der Waals surface area contributed by atoms with Crippen LogP contribution in [0.4, 0.5) is 0 Å². The Kier molecular flexibility index (Phi) is 5.08. The maximum absolute atomic E-state index is 9.52. The van der Waals surface area contributed by atoms with Crippen LogP contribution in [0.3, 0.4) is 0 Å². The fourth-order valence-corrected chi connectivity index (χ4v) is 3.29. The largest absolute Gasteiger partial charge is 0.325 e. The number of nitriles is 1. The Hall–Kier alpha value is -1.63. The molecule has 6 heteroatoms. The van der Waals surface area contributed by atoms with Crippen LogP contribution in [0.5, 0.6) is 0 Å². The van der Waals surface area contributed by atoms with Crippen LogP contribution in [-0.4, -0.2) is 4.57 Å². The van der Waals surface area contributed by atoms with E-state index >= 15 is 0 Å². The van der Waals surface area contributed by atoms with Crippen molar-refractivity contribution >= 4 is 46.4 Å². The van der Waals surface area contributed by atoms with E-state index in [0.29, 0.717) is 33.0 Å². The molecule has 0 fully saturated rings. The third-order valence-corrected chi connectivity index (χ3v) is 5.23. The minimum Gasteiger partial charge on any atom is -0.325 e. The molecule has 24 heavy (non-hydrogen) atoms. The summed E-state index contributed by atoms with van der Waals surface area (Å²) in [5.74, 6) is 0. The first-order valence-electron chi connectivity index (χ1n) is 7.00. The zero-order chi connectivity index (χ0) is 17.3. The van der Waals surface area contributed by atoms with Gasteiger partial charge in [0.25, 0.3) is 0 Å². The van der Waals surface area contributed by atoms with E-state index in [1.54, 1.807) is 22.8 Å². The Morgan fingerprint density at radius 3 is 2.25 bits per heavy atom. The predicted octanol–water partition coefficient (Wildman–Crippen LogP) is 6.69. The second-order valence-electron chi connectivity index (χ2n) is 5.14. The summed E-state index contributed by atoms with van der Waals surface area (Å²) in [4.78, 5) is 0. The lowest BCUT2D eigenvalue weighted by Crippen LogP contribution is -2.02. The highest BCUT2D eigenvalue weighted by Gasteiger charge is 2.22. The van der Waals surface area contributed by atoms with Gasteiger partial charge in [-0.15, -0.1) is 0 Å². The Balaban J connectivity index is 2.21. The monoisotopic (exact) mass is 394 g/mol. The van der Waals surface area contributed by atoms with Crippen LogP contribution in [0.2, 0.25) is 20.2 Å². The third kappa shape index (κ3) is 3.14. The molecule has 0 spiro atoms. The van der Waals surface area contributed by atoms with Crippen LogP contribution < -0.4 is 0 Å². The van der Waals surface area contributed by atoms with E-state index in [4.69, 9.17) is 46.4 Å². The standard InChI is InChI=1S/C18H10Cl4N2/c19-14-7-6-12(8-15(14)20)17-13(9-23)16(21)18(22)24(17)10-11-4-2-1-3-5-11/h1-8H,10H2. The summed E-state index contributed by atoms with van der Waals surface area (Å²) >= 11 is 24.8. The molecule has 0 N–H and O–H groups in total. The molecule has 0 amide bonds. The van der Waals surface area contributed by atoms with Gasteiger partial charge in [-0.25, -0.2) is 0 Å². The average Bonchev–Trinajstić information content (AvgIpc) is 2.82. The molecule has 1 heterocycles. The van der Waals surface area contributed by atoms with Crippen LogP contribution in [0, 0.1) is 11.3 Å². The van der Waals surface area contributed by atoms with E-state index < -0.39 is 0 Å². The Morgan fingerprint density at radius 2 is 1.62 bits per heavy atom. The minimum atomic E-state index is 0.233. The van der Waals surface area contributed by atoms with Crippen molar-refractivity contribution in [1.29, 1.82) is 5.26 Å². The average molecular weight is 396 g/mol. The quantitative estimate of drug-likeness (QED) is 0.485. The maximum Gasteiger partial charge on any atom is 0.129 e. The van der Waals surface area contributed by atoms with E-state index in [9.17, 15) is 5.26 Å². The Bertz CT molecular complexity index is 940. The van der Waals surface area contributed by atoms with Crippen molar-refractivity contribution in [2.75, 3.05) is 0 Å². The fourth-order valence-electron chi connectivity index (χ4n) is 2.52. The third-order valence-electron chi connectivity index (χ3n) is 3.63. The lowest BCUT2D eigenvalue weighted by atomic mass is 10.1. The topological polar surface area (TPSA) is 28.7 Å². The molecule has 0 radical (unpaired) electrons. The van der Waals surface area contributed by atoms with Gasteiger partial charge in [0, 0.05) is 12.1 Å². The molecule has 0 saturated heterocycles. The lowest BCUT2D eigenvalue weighted by Gasteiger charge is -2.12. The first-order valence-corrected chi connectivity index (χ1v) is 8.51. The molecular formula is C18H10Cl4N2. The summed E-state index contributed by atoms with van der Waals surface area (Å²) in [6.45, 7) is 0.483. The highest BCUT2D eigenvalue weighted by Crippen LogP contribution is 2.39. The summed E-state index contributed by atoms with van der Waals surface area (Å²) in [6, 6.07) is 17.1. The molecule has 0 bridgehead atoms. The van der Waals surface area contributed by atoms with E-state index in [2.05, 4.69) is 6.07 Å². The molecule has 0 aliphatic rings. The number of halogens is 4. The first kappa shape index (κ1) is 17.2. The van der Waals surface area contributed by atoms with Crippen molar-refractivity contribution in [3.05, 3.63) is 79.9 Å². The van der Waals surface area contributed by atoms with Crippen molar-refractivity contribution in [3.63, 3.8) is 0 Å². The van der Waals surface area contributed by atoms with Gasteiger partial charge in [0.1, 0.15) is 11.2 Å². The van der Waals surface area contributed by atoms with Crippen molar-refractivity contribution < 1.29 is 0 Å². The molecule has 0 saturated carbocycles. The van der Waals surface area contributed by atoms with E-state index in [1.165, 1.54) is 0 Å². The first-order chi connectivity index (χ1) is 11.5. The van der Waals surface area contributed by atoms with Gasteiger partial charge < -0.3 is 4.57 Å². The summed E-state index contributed by atoms with van der Waals surface area (Å²) in [7, 11) is 0. The number of benzene rings is 2. The molecule has 0 unspecified atom stereocenters. The number of hydrogen-bond donors (Lipinski definition) is 0. The Labute approximate surface area is 159 Å². The van der Waals surface area contributed by atoms with Crippen LogP contribution in [-0.2, 0) is 6.54 Å². The van der Waals surface area contributed by atoms with E-state index in [-0.39, 0.29) is 5.02 Å². The summed E-state index contributed by atoms with van der Waals surface area (Å²) < 4.78 is 1.80. The zero-order valence-corrected chi connectivity index (χ0v) is 15.3. The smallest absolute Gasteiger partial charge is 0.129 e. The highest BCUT2D eigenvalue weighted by molar-refractivity contribution is 6.43. The second-order valence-corrected chi connectivity index (χ2v) is 6.69. The number of rotatable bonds is 3. The van der Waals surface area contributed by atoms with Gasteiger partial charge in [-0.2, -0.15) is 5.26 Å².